The minimum absolute atomic E-state index is 0.287. The first-order chi connectivity index (χ1) is 16.2. The molecule has 2 aromatic heterocycles. The average molecular weight is 444 g/mol. The van der Waals surface area contributed by atoms with Gasteiger partial charge in [0.2, 0.25) is 5.88 Å². The van der Waals surface area contributed by atoms with Crippen molar-refractivity contribution in [2.45, 2.75) is 13.5 Å². The van der Waals surface area contributed by atoms with E-state index < -0.39 is 0 Å². The van der Waals surface area contributed by atoms with Gasteiger partial charge in [-0.2, -0.15) is 0 Å². The first kappa shape index (κ1) is 22.2. The van der Waals surface area contributed by atoms with Crippen molar-refractivity contribution in [1.29, 1.82) is 0 Å². The van der Waals surface area contributed by atoms with Crippen LogP contribution in [0.2, 0.25) is 0 Å². The van der Waals surface area contributed by atoms with Crippen molar-refractivity contribution < 1.29 is 14.3 Å². The van der Waals surface area contributed by atoms with E-state index in [0.29, 0.717) is 31.3 Å². The molecule has 1 amide bonds. The van der Waals surface area contributed by atoms with E-state index >= 15 is 0 Å². The third kappa shape index (κ3) is 5.42. The summed E-state index contributed by atoms with van der Waals surface area (Å²) in [6.45, 7) is 3.08. The molecule has 0 radical (unpaired) electrons. The van der Waals surface area contributed by atoms with Gasteiger partial charge in [0.1, 0.15) is 6.61 Å². The molecule has 4 rings (SSSR count). The highest BCUT2D eigenvalue weighted by atomic mass is 16.5. The van der Waals surface area contributed by atoms with Crippen LogP contribution in [0.5, 0.6) is 5.88 Å². The van der Waals surface area contributed by atoms with Crippen molar-refractivity contribution in [3.05, 3.63) is 89.9 Å². The summed E-state index contributed by atoms with van der Waals surface area (Å²) in [4.78, 5) is 16.9. The molecule has 8 heteroatoms. The Morgan fingerprint density at radius 3 is 2.42 bits per heavy atom. The minimum atomic E-state index is -0.292. The molecule has 0 aliphatic rings. The molecule has 1 N–H and O–H groups in total. The number of hydrogen-bond donors (Lipinski definition) is 1. The van der Waals surface area contributed by atoms with E-state index in [-0.39, 0.29) is 11.6 Å². The molecule has 0 bridgehead atoms. The lowest BCUT2D eigenvalue weighted by Crippen LogP contribution is -2.24. The van der Waals surface area contributed by atoms with Crippen molar-refractivity contribution in [3.8, 4) is 22.7 Å². The number of pyridine rings is 1. The second kappa shape index (κ2) is 10.5. The summed E-state index contributed by atoms with van der Waals surface area (Å²) in [5.41, 5.74) is 4.90. The summed E-state index contributed by atoms with van der Waals surface area (Å²) in [6, 6.07) is 21.8. The maximum atomic E-state index is 12.7. The molecule has 0 aliphatic heterocycles. The third-order valence-electron chi connectivity index (χ3n) is 5.12. The molecular weight excluding hydrogens is 418 g/mol. The quantitative estimate of drug-likeness (QED) is 0.398. The highest BCUT2D eigenvalue weighted by Gasteiger charge is 2.17. The lowest BCUT2D eigenvalue weighted by atomic mass is 10.1. The first-order valence-corrected chi connectivity index (χ1v) is 10.6. The Labute approximate surface area is 192 Å². The van der Waals surface area contributed by atoms with Gasteiger partial charge in [-0.25, -0.2) is 9.67 Å². The molecule has 33 heavy (non-hydrogen) atoms. The van der Waals surface area contributed by atoms with Gasteiger partial charge in [-0.3, -0.25) is 4.79 Å². The maximum Gasteiger partial charge on any atom is 0.274 e. The van der Waals surface area contributed by atoms with E-state index in [0.717, 1.165) is 22.4 Å². The molecule has 8 nitrogen and oxygen atoms in total. The number of benzene rings is 2. The number of amides is 1. The molecular formula is C25H25N5O3. The van der Waals surface area contributed by atoms with Crippen LogP contribution in [0.15, 0.2) is 72.9 Å². The lowest BCUT2D eigenvalue weighted by Gasteiger charge is -2.07. The second-order valence-corrected chi connectivity index (χ2v) is 7.38. The molecule has 0 fully saturated rings. The van der Waals surface area contributed by atoms with Crippen molar-refractivity contribution in [2.75, 3.05) is 20.3 Å². The van der Waals surface area contributed by atoms with E-state index in [2.05, 4.69) is 32.7 Å². The monoisotopic (exact) mass is 443 g/mol. The molecule has 2 aromatic carbocycles. The number of ether oxygens (including phenoxy) is 2. The third-order valence-corrected chi connectivity index (χ3v) is 5.12. The van der Waals surface area contributed by atoms with Gasteiger partial charge in [-0.1, -0.05) is 53.7 Å². The van der Waals surface area contributed by atoms with Crippen LogP contribution in [0.1, 0.15) is 21.7 Å². The van der Waals surface area contributed by atoms with E-state index in [4.69, 9.17) is 9.47 Å². The standard InChI is InChI=1S/C25H25N5O3/c1-18-24(25(31)27-17-19-8-13-23(26-16-19)33-15-14-32-2)28-29-30(18)22-11-9-21(10-12-22)20-6-4-3-5-7-20/h3-13,16H,14-15,17H2,1-2H3,(H,27,31). The summed E-state index contributed by atoms with van der Waals surface area (Å²) < 4.78 is 12.1. The number of nitrogens with one attached hydrogen (secondary N) is 1. The number of nitrogens with zero attached hydrogens (tertiary/aromatic N) is 4. The predicted molar refractivity (Wildman–Crippen MR) is 124 cm³/mol. The lowest BCUT2D eigenvalue weighted by molar-refractivity contribution is 0.0945. The van der Waals surface area contributed by atoms with Crippen LogP contribution in [0, 0.1) is 6.92 Å². The Morgan fingerprint density at radius 1 is 0.970 bits per heavy atom. The average Bonchev–Trinajstić information content (AvgIpc) is 3.25. The van der Waals surface area contributed by atoms with Gasteiger partial charge in [0.15, 0.2) is 5.69 Å². The smallest absolute Gasteiger partial charge is 0.274 e. The van der Waals surface area contributed by atoms with Gasteiger partial charge in [0.25, 0.3) is 5.91 Å². The van der Waals surface area contributed by atoms with E-state index in [1.54, 1.807) is 24.1 Å². The molecule has 0 unspecified atom stereocenters. The Bertz CT molecular complexity index is 1190. The fourth-order valence-corrected chi connectivity index (χ4v) is 3.31. The van der Waals surface area contributed by atoms with Gasteiger partial charge in [0, 0.05) is 25.9 Å². The molecule has 0 saturated carbocycles. The largest absolute Gasteiger partial charge is 0.475 e. The highest BCUT2D eigenvalue weighted by molar-refractivity contribution is 5.93. The number of methoxy groups -OCH3 is 1. The van der Waals surface area contributed by atoms with Gasteiger partial charge in [-0.15, -0.1) is 5.10 Å². The maximum absolute atomic E-state index is 12.7. The van der Waals surface area contributed by atoms with Crippen LogP contribution in [-0.2, 0) is 11.3 Å². The molecule has 168 valence electrons. The normalized spacial score (nSPS) is 10.7. The summed E-state index contributed by atoms with van der Waals surface area (Å²) >= 11 is 0. The Hall–Kier alpha value is -4.04. The van der Waals surface area contributed by atoms with E-state index in [9.17, 15) is 4.79 Å². The fourth-order valence-electron chi connectivity index (χ4n) is 3.31. The molecule has 0 aliphatic carbocycles. The summed E-state index contributed by atoms with van der Waals surface area (Å²) in [5.74, 6) is 0.222. The predicted octanol–water partition coefficient (Wildman–Crippen LogP) is 3.59. The zero-order chi connectivity index (χ0) is 23.0. The molecule has 4 aromatic rings. The Balaban J connectivity index is 1.38. The van der Waals surface area contributed by atoms with Crippen LogP contribution in [0.3, 0.4) is 0 Å². The second-order valence-electron chi connectivity index (χ2n) is 7.38. The zero-order valence-electron chi connectivity index (χ0n) is 18.6. The molecule has 0 spiro atoms. The number of carbonyl (C=O) groups excluding carboxylic acids is 1. The Morgan fingerprint density at radius 2 is 1.73 bits per heavy atom. The summed E-state index contributed by atoms with van der Waals surface area (Å²) in [7, 11) is 1.62. The van der Waals surface area contributed by atoms with E-state index in [1.807, 2.05) is 55.5 Å². The topological polar surface area (TPSA) is 91.2 Å². The van der Waals surface area contributed by atoms with Crippen molar-refractivity contribution in [2.24, 2.45) is 0 Å². The molecule has 0 saturated heterocycles. The summed E-state index contributed by atoms with van der Waals surface area (Å²) in [6.07, 6.45) is 1.67. The van der Waals surface area contributed by atoms with Crippen molar-refractivity contribution in [3.63, 3.8) is 0 Å². The zero-order valence-corrected chi connectivity index (χ0v) is 18.6. The van der Waals surface area contributed by atoms with Crippen molar-refractivity contribution >= 4 is 5.91 Å². The van der Waals surface area contributed by atoms with Crippen LogP contribution < -0.4 is 10.1 Å². The minimum Gasteiger partial charge on any atom is -0.475 e. The van der Waals surface area contributed by atoms with Gasteiger partial charge in [0.05, 0.1) is 18.0 Å². The Kier molecular flexibility index (Phi) is 7.06. The van der Waals surface area contributed by atoms with Crippen LogP contribution in [0.25, 0.3) is 16.8 Å². The number of aromatic nitrogens is 4. The number of carbonyl (C=O) groups is 1. The van der Waals surface area contributed by atoms with E-state index in [1.165, 1.54) is 0 Å². The van der Waals surface area contributed by atoms with Gasteiger partial charge >= 0.3 is 0 Å². The molecule has 2 heterocycles. The number of rotatable bonds is 9. The fraction of sp³-hybridized carbons (Fsp3) is 0.200. The van der Waals surface area contributed by atoms with Crippen molar-refractivity contribution in [1.82, 2.24) is 25.3 Å². The number of hydrogen-bond acceptors (Lipinski definition) is 6. The SMILES string of the molecule is COCCOc1ccc(CNC(=O)c2nnn(-c3ccc(-c4ccccc4)cc3)c2C)cn1. The van der Waals surface area contributed by atoms with Crippen LogP contribution in [-0.4, -0.2) is 46.2 Å². The van der Waals surface area contributed by atoms with Gasteiger partial charge < -0.3 is 14.8 Å². The summed E-state index contributed by atoms with van der Waals surface area (Å²) in [5, 5.41) is 11.1. The van der Waals surface area contributed by atoms with Crippen LogP contribution >= 0.6 is 0 Å². The molecule has 0 atom stereocenters. The van der Waals surface area contributed by atoms with Gasteiger partial charge in [-0.05, 0) is 35.7 Å². The first-order valence-electron chi connectivity index (χ1n) is 10.6. The van der Waals surface area contributed by atoms with Crippen LogP contribution in [0.4, 0.5) is 0 Å². The highest BCUT2D eigenvalue weighted by Crippen LogP contribution is 2.21.